The number of ether oxygens (including phenoxy) is 1. The molecule has 90 valence electrons. The Kier molecular flexibility index (Phi) is 3.86. The highest BCUT2D eigenvalue weighted by Crippen LogP contribution is 2.15. The molecule has 0 fully saturated rings. The van der Waals surface area contributed by atoms with E-state index in [0.717, 1.165) is 11.4 Å². The van der Waals surface area contributed by atoms with E-state index in [2.05, 4.69) is 23.8 Å². The lowest BCUT2D eigenvalue weighted by atomic mass is 10.1. The molecule has 1 heterocycles. The van der Waals surface area contributed by atoms with Crippen LogP contribution in [0.15, 0.2) is 6.07 Å². The van der Waals surface area contributed by atoms with Gasteiger partial charge in [-0.15, -0.1) is 0 Å². The molecule has 4 nitrogen and oxygen atoms in total. The molecule has 0 aliphatic heterocycles. The van der Waals surface area contributed by atoms with Gasteiger partial charge < -0.3 is 10.5 Å². The maximum atomic E-state index is 5.84. The Hall–Kier alpha value is -1.16. The maximum absolute atomic E-state index is 5.84. The van der Waals surface area contributed by atoms with Crippen LogP contribution in [0.25, 0.3) is 0 Å². The Bertz CT molecular complexity index is 356. The summed E-state index contributed by atoms with van der Waals surface area (Å²) >= 11 is 0. The first-order chi connectivity index (χ1) is 7.28. The average molecular weight is 223 g/mol. The van der Waals surface area contributed by atoms with Crippen molar-refractivity contribution in [2.45, 2.75) is 46.1 Å². The summed E-state index contributed by atoms with van der Waals surface area (Å²) in [6.45, 7) is 10.4. The van der Waals surface area contributed by atoms with Crippen molar-refractivity contribution in [3.8, 4) is 6.01 Å². The zero-order chi connectivity index (χ0) is 12.3. The third-order valence-electron chi connectivity index (χ3n) is 2.02. The molecular formula is C12H21N3O. The number of aryl methyl sites for hydroxylation is 1. The number of nitrogens with zero attached hydrogens (tertiary/aromatic N) is 2. The van der Waals surface area contributed by atoms with Crippen LogP contribution in [0.4, 0.5) is 0 Å². The lowest BCUT2D eigenvalue weighted by Crippen LogP contribution is -2.39. The molecule has 16 heavy (non-hydrogen) atoms. The first-order valence-electron chi connectivity index (χ1n) is 5.55. The first kappa shape index (κ1) is 12.9. The quantitative estimate of drug-likeness (QED) is 0.848. The van der Waals surface area contributed by atoms with Crippen LogP contribution < -0.4 is 10.5 Å². The molecule has 0 spiro atoms. The molecule has 0 bridgehead atoms. The molecule has 0 aliphatic carbocycles. The van der Waals surface area contributed by atoms with Gasteiger partial charge in [0.05, 0.1) is 5.69 Å². The number of nitrogens with two attached hydrogens (primary N) is 1. The van der Waals surface area contributed by atoms with E-state index < -0.39 is 0 Å². The zero-order valence-electron chi connectivity index (χ0n) is 10.7. The minimum atomic E-state index is -0.370. The van der Waals surface area contributed by atoms with Gasteiger partial charge in [0, 0.05) is 11.2 Å². The van der Waals surface area contributed by atoms with Crippen molar-refractivity contribution in [2.75, 3.05) is 6.61 Å². The molecule has 0 aliphatic rings. The molecule has 0 radical (unpaired) electrons. The van der Waals surface area contributed by atoms with Gasteiger partial charge in [0.1, 0.15) is 6.61 Å². The summed E-state index contributed by atoms with van der Waals surface area (Å²) < 4.78 is 5.49. The van der Waals surface area contributed by atoms with Crippen molar-refractivity contribution in [2.24, 2.45) is 5.73 Å². The lowest BCUT2D eigenvalue weighted by Gasteiger charge is -2.18. The second-order valence-electron chi connectivity index (χ2n) is 5.15. The van der Waals surface area contributed by atoms with Gasteiger partial charge in [0.15, 0.2) is 0 Å². The molecule has 0 saturated carbocycles. The van der Waals surface area contributed by atoms with Crippen LogP contribution in [0, 0.1) is 6.92 Å². The molecule has 2 N–H and O–H groups in total. The third kappa shape index (κ3) is 4.14. The molecule has 1 aromatic heterocycles. The lowest BCUT2D eigenvalue weighted by molar-refractivity contribution is 0.225. The van der Waals surface area contributed by atoms with Gasteiger partial charge in [-0.25, -0.2) is 4.98 Å². The Balaban J connectivity index is 2.81. The normalized spacial score (nSPS) is 11.9. The van der Waals surface area contributed by atoms with Crippen molar-refractivity contribution in [1.82, 2.24) is 9.97 Å². The predicted octanol–water partition coefficient (Wildman–Crippen LogP) is 2.02. The fourth-order valence-electron chi connectivity index (χ4n) is 1.18. The Morgan fingerprint density at radius 1 is 1.38 bits per heavy atom. The van der Waals surface area contributed by atoms with Gasteiger partial charge in [-0.2, -0.15) is 4.98 Å². The van der Waals surface area contributed by atoms with Crippen molar-refractivity contribution in [1.29, 1.82) is 0 Å². The highest BCUT2D eigenvalue weighted by atomic mass is 16.5. The Morgan fingerprint density at radius 3 is 2.50 bits per heavy atom. The highest BCUT2D eigenvalue weighted by molar-refractivity contribution is 5.15. The second kappa shape index (κ2) is 4.78. The van der Waals surface area contributed by atoms with Gasteiger partial charge in [-0.05, 0) is 32.8 Å². The maximum Gasteiger partial charge on any atom is 0.316 e. The monoisotopic (exact) mass is 223 g/mol. The summed E-state index contributed by atoms with van der Waals surface area (Å²) in [5, 5.41) is 0. The van der Waals surface area contributed by atoms with Gasteiger partial charge >= 0.3 is 6.01 Å². The van der Waals surface area contributed by atoms with E-state index in [-0.39, 0.29) is 5.54 Å². The van der Waals surface area contributed by atoms with Crippen LogP contribution in [0.2, 0.25) is 0 Å². The number of hydrogen-bond donors (Lipinski definition) is 1. The third-order valence-corrected chi connectivity index (χ3v) is 2.02. The molecule has 1 rings (SSSR count). The molecule has 0 aromatic carbocycles. The van der Waals surface area contributed by atoms with Crippen LogP contribution in [0.3, 0.4) is 0 Å². The summed E-state index contributed by atoms with van der Waals surface area (Å²) in [5.74, 6) is 0.370. The smallest absolute Gasteiger partial charge is 0.316 e. The van der Waals surface area contributed by atoms with E-state index in [0.29, 0.717) is 18.5 Å². The molecule has 0 saturated heterocycles. The molecule has 0 unspecified atom stereocenters. The standard InChI is InChI=1S/C12H21N3O/c1-8(2)10-6-9(3)14-11(15-10)16-7-12(4,5)13/h6,8H,7,13H2,1-5H3. The summed E-state index contributed by atoms with van der Waals surface area (Å²) in [7, 11) is 0. The van der Waals surface area contributed by atoms with Crippen LogP contribution in [0.5, 0.6) is 6.01 Å². The number of hydrogen-bond acceptors (Lipinski definition) is 4. The van der Waals surface area contributed by atoms with Crippen LogP contribution in [0.1, 0.15) is 45.0 Å². The highest BCUT2D eigenvalue weighted by Gasteiger charge is 2.13. The summed E-state index contributed by atoms with van der Waals surface area (Å²) in [5.41, 5.74) is 7.39. The van der Waals surface area contributed by atoms with E-state index in [1.54, 1.807) is 0 Å². The average Bonchev–Trinajstić information content (AvgIpc) is 2.13. The largest absolute Gasteiger partial charge is 0.462 e. The van der Waals surface area contributed by atoms with E-state index in [4.69, 9.17) is 10.5 Å². The van der Waals surface area contributed by atoms with Crippen LogP contribution in [-0.2, 0) is 0 Å². The van der Waals surface area contributed by atoms with E-state index in [1.807, 2.05) is 26.8 Å². The topological polar surface area (TPSA) is 61.0 Å². The van der Waals surface area contributed by atoms with Gasteiger partial charge in [0.2, 0.25) is 0 Å². The van der Waals surface area contributed by atoms with Gasteiger partial charge in [0.25, 0.3) is 0 Å². The van der Waals surface area contributed by atoms with Crippen molar-refractivity contribution < 1.29 is 4.74 Å². The van der Waals surface area contributed by atoms with Crippen molar-refractivity contribution in [3.63, 3.8) is 0 Å². The fourth-order valence-corrected chi connectivity index (χ4v) is 1.18. The van der Waals surface area contributed by atoms with Gasteiger partial charge in [-0.1, -0.05) is 13.8 Å². The van der Waals surface area contributed by atoms with E-state index in [9.17, 15) is 0 Å². The summed E-state index contributed by atoms with van der Waals surface area (Å²) in [6, 6.07) is 2.40. The Labute approximate surface area is 97.2 Å². The molecular weight excluding hydrogens is 202 g/mol. The number of aromatic nitrogens is 2. The van der Waals surface area contributed by atoms with Crippen molar-refractivity contribution >= 4 is 0 Å². The second-order valence-corrected chi connectivity index (χ2v) is 5.15. The number of rotatable bonds is 4. The van der Waals surface area contributed by atoms with E-state index in [1.165, 1.54) is 0 Å². The van der Waals surface area contributed by atoms with E-state index >= 15 is 0 Å². The van der Waals surface area contributed by atoms with Crippen molar-refractivity contribution in [3.05, 3.63) is 17.5 Å². The summed E-state index contributed by atoms with van der Waals surface area (Å²) in [6.07, 6.45) is 0. The first-order valence-corrected chi connectivity index (χ1v) is 5.55. The van der Waals surface area contributed by atoms with Crippen LogP contribution in [-0.4, -0.2) is 22.1 Å². The zero-order valence-corrected chi connectivity index (χ0v) is 10.7. The molecule has 1 aromatic rings. The summed E-state index contributed by atoms with van der Waals surface area (Å²) in [4.78, 5) is 8.58. The minimum Gasteiger partial charge on any atom is -0.462 e. The Morgan fingerprint density at radius 2 is 2.00 bits per heavy atom. The predicted molar refractivity (Wildman–Crippen MR) is 64.6 cm³/mol. The fraction of sp³-hybridized carbons (Fsp3) is 0.667. The molecule has 0 atom stereocenters. The van der Waals surface area contributed by atoms with Crippen LogP contribution >= 0.6 is 0 Å². The molecule has 0 amide bonds. The van der Waals surface area contributed by atoms with Gasteiger partial charge in [-0.3, -0.25) is 0 Å². The SMILES string of the molecule is Cc1cc(C(C)C)nc(OCC(C)(C)N)n1. The molecule has 4 heteroatoms. The minimum absolute atomic E-state index is 0.370.